The Morgan fingerprint density at radius 2 is 1.83 bits per heavy atom. The quantitative estimate of drug-likeness (QED) is 0.280. The van der Waals surface area contributed by atoms with Gasteiger partial charge in [-0.25, -0.2) is 22.9 Å². The van der Waals surface area contributed by atoms with E-state index in [4.69, 9.17) is 4.74 Å². The van der Waals surface area contributed by atoms with Gasteiger partial charge in [-0.3, -0.25) is 0 Å². The van der Waals surface area contributed by atoms with E-state index in [9.17, 15) is 23.1 Å². The van der Waals surface area contributed by atoms with Crippen LogP contribution in [0.25, 0.3) is 10.2 Å². The summed E-state index contributed by atoms with van der Waals surface area (Å²) in [5, 5.41) is 9.77. The third kappa shape index (κ3) is 5.09. The first-order valence-corrected chi connectivity index (χ1v) is 11.8. The van der Waals surface area contributed by atoms with Crippen molar-refractivity contribution >= 4 is 32.7 Å². The Bertz CT molecular complexity index is 1360. The molecule has 0 amide bonds. The van der Waals surface area contributed by atoms with Crippen LogP contribution in [-0.2, 0) is 6.42 Å². The van der Waals surface area contributed by atoms with Crippen LogP contribution in [0.4, 0.5) is 18.3 Å². The van der Waals surface area contributed by atoms with Crippen LogP contribution in [0.15, 0.2) is 54.6 Å². The minimum Gasteiger partial charge on any atom is -0.494 e. The number of aromatic nitrogens is 1. The van der Waals surface area contributed by atoms with Crippen molar-refractivity contribution in [3.8, 4) is 5.75 Å². The Balaban J connectivity index is 1.73. The van der Waals surface area contributed by atoms with Crippen molar-refractivity contribution in [1.29, 1.82) is 0 Å². The molecule has 0 aliphatic heterocycles. The number of carboxylic acid groups (broad SMARTS) is 1. The molecule has 4 aromatic rings. The van der Waals surface area contributed by atoms with Gasteiger partial charge in [-0.1, -0.05) is 36.5 Å². The number of hydrogen-bond acceptors (Lipinski definition) is 5. The Morgan fingerprint density at radius 1 is 1.09 bits per heavy atom. The minimum atomic E-state index is -1.03. The summed E-state index contributed by atoms with van der Waals surface area (Å²) in [7, 11) is 1.27. The average Bonchev–Trinajstić information content (AvgIpc) is 3.29. The van der Waals surface area contributed by atoms with Crippen molar-refractivity contribution in [3.05, 3.63) is 88.7 Å². The molecule has 0 radical (unpaired) electrons. The normalized spacial score (nSPS) is 12.0. The predicted molar refractivity (Wildman–Crippen MR) is 130 cm³/mol. The van der Waals surface area contributed by atoms with E-state index in [1.807, 2.05) is 11.8 Å². The highest BCUT2D eigenvalue weighted by atomic mass is 32.1. The lowest BCUT2D eigenvalue weighted by Gasteiger charge is -2.31. The fraction of sp³-hybridized carbons (Fsp3) is 0.231. The summed E-state index contributed by atoms with van der Waals surface area (Å²) < 4.78 is 48.5. The van der Waals surface area contributed by atoms with E-state index in [0.29, 0.717) is 21.8 Å². The van der Waals surface area contributed by atoms with Gasteiger partial charge >= 0.3 is 5.97 Å². The molecule has 3 aromatic carbocycles. The van der Waals surface area contributed by atoms with Crippen LogP contribution in [0.3, 0.4) is 0 Å². The summed E-state index contributed by atoms with van der Waals surface area (Å²) in [6.45, 7) is 2.23. The first-order chi connectivity index (χ1) is 16.8. The average molecular weight is 501 g/mol. The van der Waals surface area contributed by atoms with E-state index in [-0.39, 0.29) is 41.7 Å². The number of benzene rings is 3. The second-order valence-corrected chi connectivity index (χ2v) is 8.93. The largest absolute Gasteiger partial charge is 0.494 e. The topological polar surface area (TPSA) is 62.7 Å². The fourth-order valence-corrected chi connectivity index (χ4v) is 5.10. The molecule has 4 rings (SSSR count). The van der Waals surface area contributed by atoms with Crippen LogP contribution in [-0.4, -0.2) is 29.7 Å². The molecule has 1 aromatic heterocycles. The summed E-state index contributed by atoms with van der Waals surface area (Å²) >= 11 is 1.18. The molecule has 9 heteroatoms. The Labute approximate surface area is 204 Å². The van der Waals surface area contributed by atoms with E-state index in [1.165, 1.54) is 36.6 Å². The molecule has 1 unspecified atom stereocenters. The van der Waals surface area contributed by atoms with Crippen molar-refractivity contribution < 1.29 is 27.8 Å². The number of fused-ring (bicyclic) bond motifs is 1. The van der Waals surface area contributed by atoms with E-state index < -0.39 is 17.6 Å². The number of halogens is 3. The number of nitrogens with zero attached hydrogens (tertiary/aromatic N) is 2. The summed E-state index contributed by atoms with van der Waals surface area (Å²) in [5.41, 5.74) is 1.68. The van der Waals surface area contributed by atoms with Gasteiger partial charge in [0.1, 0.15) is 11.6 Å². The number of thiazole rings is 1. The van der Waals surface area contributed by atoms with E-state index in [1.54, 1.807) is 24.3 Å². The molecule has 1 heterocycles. The zero-order chi connectivity index (χ0) is 25.1. The molecule has 5 nitrogen and oxygen atoms in total. The van der Waals surface area contributed by atoms with Crippen LogP contribution in [0.2, 0.25) is 0 Å². The van der Waals surface area contributed by atoms with Gasteiger partial charge < -0.3 is 14.7 Å². The summed E-state index contributed by atoms with van der Waals surface area (Å²) in [5.74, 6) is -2.82. The van der Waals surface area contributed by atoms with Crippen molar-refractivity contribution in [2.45, 2.75) is 25.8 Å². The Kier molecular flexibility index (Phi) is 7.25. The molecule has 0 saturated heterocycles. The highest BCUT2D eigenvalue weighted by molar-refractivity contribution is 7.22. The third-order valence-electron chi connectivity index (χ3n) is 5.85. The number of anilines is 1. The molecular formula is C26H23F3N2O3S. The van der Waals surface area contributed by atoms with Gasteiger partial charge in [-0.15, -0.1) is 0 Å². The van der Waals surface area contributed by atoms with Gasteiger partial charge in [0.05, 0.1) is 28.9 Å². The molecular weight excluding hydrogens is 477 g/mol. The monoisotopic (exact) mass is 500 g/mol. The molecule has 1 atom stereocenters. The van der Waals surface area contributed by atoms with Crippen LogP contribution >= 0.6 is 11.3 Å². The first kappa shape index (κ1) is 24.5. The van der Waals surface area contributed by atoms with Crippen molar-refractivity contribution in [3.63, 3.8) is 0 Å². The molecule has 0 fully saturated rings. The van der Waals surface area contributed by atoms with Gasteiger partial charge in [0.25, 0.3) is 0 Å². The van der Waals surface area contributed by atoms with Crippen LogP contribution in [0.1, 0.15) is 40.9 Å². The zero-order valence-electron chi connectivity index (χ0n) is 19.1. The molecule has 0 spiro atoms. The van der Waals surface area contributed by atoms with E-state index >= 15 is 0 Å². The number of aromatic carboxylic acids is 1. The molecule has 0 aliphatic carbocycles. The molecule has 182 valence electrons. The lowest BCUT2D eigenvalue weighted by atomic mass is 10.0. The third-order valence-corrected chi connectivity index (χ3v) is 6.97. The van der Waals surface area contributed by atoms with Gasteiger partial charge in [-0.2, -0.15) is 0 Å². The van der Waals surface area contributed by atoms with Gasteiger partial charge in [0.2, 0.25) is 0 Å². The summed E-state index contributed by atoms with van der Waals surface area (Å²) in [6, 6.07) is 13.1. The van der Waals surface area contributed by atoms with Crippen molar-refractivity contribution in [1.82, 2.24) is 4.98 Å². The van der Waals surface area contributed by atoms with E-state index in [0.717, 1.165) is 17.7 Å². The molecule has 0 aliphatic rings. The zero-order valence-corrected chi connectivity index (χ0v) is 19.9. The van der Waals surface area contributed by atoms with Gasteiger partial charge in [0, 0.05) is 12.6 Å². The maximum Gasteiger partial charge on any atom is 0.335 e. The number of rotatable bonds is 9. The van der Waals surface area contributed by atoms with Crippen molar-refractivity contribution in [2.75, 3.05) is 18.6 Å². The number of methoxy groups -OCH3 is 1. The summed E-state index contributed by atoms with van der Waals surface area (Å²) in [4.78, 5) is 17.8. The fourth-order valence-electron chi connectivity index (χ4n) is 4.05. The number of hydrogen-bond donors (Lipinski definition) is 1. The van der Waals surface area contributed by atoms with Crippen LogP contribution in [0.5, 0.6) is 5.75 Å². The Morgan fingerprint density at radius 3 is 2.46 bits per heavy atom. The van der Waals surface area contributed by atoms with Crippen LogP contribution in [0, 0.1) is 17.5 Å². The summed E-state index contributed by atoms with van der Waals surface area (Å²) in [6.07, 6.45) is 0.777. The standard InChI is InChI=1S/C26H23F3N2O3S/c1-3-22(15-7-9-16(10-8-15)25(32)33)31(26-30-21-6-4-5-18(27)24(21)35-26)12-11-17-13-20(29)23(34-2)14-19(17)28/h4-10,13-14,22H,3,11-12H2,1-2H3,(H,32,33). The number of ether oxygens (including phenoxy) is 1. The minimum absolute atomic E-state index is 0.160. The van der Waals surface area contributed by atoms with Crippen molar-refractivity contribution in [2.24, 2.45) is 0 Å². The van der Waals surface area contributed by atoms with E-state index in [2.05, 4.69) is 4.98 Å². The lowest BCUT2D eigenvalue weighted by molar-refractivity contribution is 0.0697. The maximum absolute atomic E-state index is 14.6. The maximum atomic E-state index is 14.6. The van der Waals surface area contributed by atoms with Gasteiger partial charge in [0.15, 0.2) is 16.7 Å². The lowest BCUT2D eigenvalue weighted by Crippen LogP contribution is -2.30. The number of carbonyl (C=O) groups is 1. The van der Waals surface area contributed by atoms with Crippen LogP contribution < -0.4 is 9.64 Å². The SMILES string of the molecule is CCC(c1ccc(C(=O)O)cc1)N(CCc1cc(F)c(OC)cc1F)c1nc2cccc(F)c2s1. The predicted octanol–water partition coefficient (Wildman–Crippen LogP) is 6.62. The van der Waals surface area contributed by atoms with Gasteiger partial charge in [-0.05, 0) is 54.3 Å². The smallest absolute Gasteiger partial charge is 0.335 e. The second-order valence-electron chi connectivity index (χ2n) is 7.96. The number of carboxylic acids is 1. The second kappa shape index (κ2) is 10.4. The molecule has 0 saturated carbocycles. The first-order valence-electron chi connectivity index (χ1n) is 11.0. The molecule has 0 bridgehead atoms. The molecule has 35 heavy (non-hydrogen) atoms. The highest BCUT2D eigenvalue weighted by Crippen LogP contribution is 2.37. The highest BCUT2D eigenvalue weighted by Gasteiger charge is 2.24. The Hall–Kier alpha value is -3.59. The molecule has 1 N–H and O–H groups in total.